The number of amides is 2. The fourth-order valence-electron chi connectivity index (χ4n) is 2.19. The zero-order chi connectivity index (χ0) is 19.1. The summed E-state index contributed by atoms with van der Waals surface area (Å²) in [5, 5.41) is 10.3. The van der Waals surface area contributed by atoms with Gasteiger partial charge in [0.15, 0.2) is 6.61 Å². The molecule has 6 N–H and O–H groups in total. The minimum absolute atomic E-state index is 0.138. The van der Waals surface area contributed by atoms with Gasteiger partial charge in [-0.15, -0.1) is 0 Å². The second-order valence-corrected chi connectivity index (χ2v) is 5.41. The van der Waals surface area contributed by atoms with Gasteiger partial charge in [-0.2, -0.15) is 0 Å². The molecule has 0 saturated carbocycles. The summed E-state index contributed by atoms with van der Waals surface area (Å²) in [7, 11) is 1.52. The number of carbonyl (C=O) groups is 2. The zero-order valence-electron chi connectivity index (χ0n) is 14.2. The molecule has 136 valence electrons. The summed E-state index contributed by atoms with van der Waals surface area (Å²) in [6.45, 7) is -0.166. The molecule has 8 heteroatoms. The lowest BCUT2D eigenvalue weighted by Crippen LogP contribution is -2.24. The molecule has 0 heterocycles. The second kappa shape index (κ2) is 8.52. The van der Waals surface area contributed by atoms with Gasteiger partial charge in [0.25, 0.3) is 11.8 Å². The van der Waals surface area contributed by atoms with Crippen LogP contribution in [0.1, 0.15) is 21.5 Å². The normalized spacial score (nSPS) is 10.0. The predicted molar refractivity (Wildman–Crippen MR) is 96.3 cm³/mol. The zero-order valence-corrected chi connectivity index (χ0v) is 14.2. The molecule has 0 aromatic heterocycles. The number of amidine groups is 1. The van der Waals surface area contributed by atoms with E-state index in [0.29, 0.717) is 28.2 Å². The SMILES string of the molecule is COc1cccc(C(=O)NCc2ccc(C(=N)N)cc2OCC(N)=O)c1. The number of hydrogen-bond acceptors (Lipinski definition) is 5. The Kier molecular flexibility index (Phi) is 6.15. The van der Waals surface area contributed by atoms with Crippen LogP contribution in [0.2, 0.25) is 0 Å². The monoisotopic (exact) mass is 356 g/mol. The number of methoxy groups -OCH3 is 1. The summed E-state index contributed by atoms with van der Waals surface area (Å²) in [6, 6.07) is 11.6. The number of carbonyl (C=O) groups excluding carboxylic acids is 2. The lowest BCUT2D eigenvalue weighted by Gasteiger charge is -2.13. The molecule has 0 unspecified atom stereocenters. The minimum atomic E-state index is -0.635. The summed E-state index contributed by atoms with van der Waals surface area (Å²) in [4.78, 5) is 23.3. The highest BCUT2D eigenvalue weighted by molar-refractivity contribution is 5.96. The smallest absolute Gasteiger partial charge is 0.255 e. The van der Waals surface area contributed by atoms with Gasteiger partial charge in [0.05, 0.1) is 7.11 Å². The van der Waals surface area contributed by atoms with E-state index < -0.39 is 5.91 Å². The van der Waals surface area contributed by atoms with E-state index in [1.807, 2.05) is 0 Å². The van der Waals surface area contributed by atoms with Crippen LogP contribution in [0.25, 0.3) is 0 Å². The Balaban J connectivity index is 2.15. The highest BCUT2D eigenvalue weighted by atomic mass is 16.5. The number of nitrogens with one attached hydrogen (secondary N) is 2. The largest absolute Gasteiger partial charge is 0.497 e. The molecule has 2 amide bonds. The average Bonchev–Trinajstić information content (AvgIpc) is 2.64. The Morgan fingerprint density at radius 1 is 1.12 bits per heavy atom. The highest BCUT2D eigenvalue weighted by Crippen LogP contribution is 2.21. The molecule has 0 spiro atoms. The number of hydrogen-bond donors (Lipinski definition) is 4. The number of primary amides is 1. The average molecular weight is 356 g/mol. The maximum atomic E-state index is 12.3. The standard InChI is InChI=1S/C18H20N4O4/c1-25-14-4-2-3-12(7-14)18(24)22-9-13-6-5-11(17(20)21)8-15(13)26-10-16(19)23/h2-8H,9-10H2,1H3,(H2,19,23)(H3,20,21)(H,22,24). The maximum absolute atomic E-state index is 12.3. The van der Waals surface area contributed by atoms with Gasteiger partial charge >= 0.3 is 0 Å². The van der Waals surface area contributed by atoms with Gasteiger partial charge in [-0.25, -0.2) is 0 Å². The van der Waals surface area contributed by atoms with Crippen molar-refractivity contribution in [3.8, 4) is 11.5 Å². The fraction of sp³-hybridized carbons (Fsp3) is 0.167. The fourth-order valence-corrected chi connectivity index (χ4v) is 2.19. The number of benzene rings is 2. The molecule has 2 rings (SSSR count). The molecule has 0 aliphatic carbocycles. The van der Waals surface area contributed by atoms with Gasteiger partial charge in [-0.3, -0.25) is 15.0 Å². The highest BCUT2D eigenvalue weighted by Gasteiger charge is 2.11. The summed E-state index contributed by atoms with van der Waals surface area (Å²) in [5.41, 5.74) is 12.1. The molecule has 8 nitrogen and oxygen atoms in total. The van der Waals surface area contributed by atoms with Gasteiger partial charge in [0.2, 0.25) is 0 Å². The van der Waals surface area contributed by atoms with Crippen molar-refractivity contribution < 1.29 is 19.1 Å². The summed E-state index contributed by atoms with van der Waals surface area (Å²) in [5.74, 6) is -0.165. The van der Waals surface area contributed by atoms with E-state index in [0.717, 1.165) is 0 Å². The van der Waals surface area contributed by atoms with Crippen molar-refractivity contribution in [1.82, 2.24) is 5.32 Å². The number of rotatable bonds is 8. The molecule has 0 radical (unpaired) electrons. The molecule has 0 aliphatic rings. The van der Waals surface area contributed by atoms with Crippen LogP contribution in [0.3, 0.4) is 0 Å². The molecule has 2 aromatic carbocycles. The third kappa shape index (κ3) is 4.97. The first kappa shape index (κ1) is 18.8. The molecule has 0 atom stereocenters. The van der Waals surface area contributed by atoms with E-state index in [9.17, 15) is 9.59 Å². The quantitative estimate of drug-likeness (QED) is 0.408. The van der Waals surface area contributed by atoms with Gasteiger partial charge in [0.1, 0.15) is 17.3 Å². The molecular weight excluding hydrogens is 336 g/mol. The van der Waals surface area contributed by atoms with E-state index in [4.69, 9.17) is 26.4 Å². The molecule has 0 aliphatic heterocycles. The van der Waals surface area contributed by atoms with Crippen LogP contribution in [0.15, 0.2) is 42.5 Å². The van der Waals surface area contributed by atoms with E-state index in [1.165, 1.54) is 13.2 Å². The molecule has 0 fully saturated rings. The summed E-state index contributed by atoms with van der Waals surface area (Å²) >= 11 is 0. The van der Waals surface area contributed by atoms with Crippen molar-refractivity contribution in [3.63, 3.8) is 0 Å². The van der Waals surface area contributed by atoms with Crippen molar-refractivity contribution in [2.24, 2.45) is 11.5 Å². The van der Waals surface area contributed by atoms with Crippen molar-refractivity contribution >= 4 is 17.6 Å². The third-order valence-corrected chi connectivity index (χ3v) is 3.52. The van der Waals surface area contributed by atoms with Gasteiger partial charge in [-0.05, 0) is 24.3 Å². The van der Waals surface area contributed by atoms with Crippen LogP contribution in [0.4, 0.5) is 0 Å². The van der Waals surface area contributed by atoms with E-state index in [1.54, 1.807) is 36.4 Å². The predicted octanol–water partition coefficient (Wildman–Crippen LogP) is 0.773. The molecule has 0 bridgehead atoms. The Hall–Kier alpha value is -3.55. The minimum Gasteiger partial charge on any atom is -0.497 e. The Bertz CT molecular complexity index is 836. The van der Waals surface area contributed by atoms with Crippen LogP contribution in [0.5, 0.6) is 11.5 Å². The first-order chi connectivity index (χ1) is 12.4. The van der Waals surface area contributed by atoms with E-state index in [2.05, 4.69) is 5.32 Å². The number of ether oxygens (including phenoxy) is 2. The second-order valence-electron chi connectivity index (χ2n) is 5.41. The van der Waals surface area contributed by atoms with Gasteiger partial charge in [0, 0.05) is 23.2 Å². The van der Waals surface area contributed by atoms with Crippen LogP contribution in [0, 0.1) is 5.41 Å². The van der Waals surface area contributed by atoms with Crippen LogP contribution < -0.4 is 26.3 Å². The number of nitrogen functional groups attached to an aromatic ring is 1. The first-order valence-electron chi connectivity index (χ1n) is 7.71. The molecule has 26 heavy (non-hydrogen) atoms. The summed E-state index contributed by atoms with van der Waals surface area (Å²) in [6.07, 6.45) is 0. The Morgan fingerprint density at radius 2 is 1.88 bits per heavy atom. The van der Waals surface area contributed by atoms with Crippen LogP contribution in [-0.4, -0.2) is 31.4 Å². The van der Waals surface area contributed by atoms with Crippen molar-refractivity contribution in [3.05, 3.63) is 59.2 Å². The van der Waals surface area contributed by atoms with Gasteiger partial charge in [-0.1, -0.05) is 18.2 Å². The number of nitrogens with two attached hydrogens (primary N) is 2. The van der Waals surface area contributed by atoms with Crippen molar-refractivity contribution in [2.75, 3.05) is 13.7 Å². The molecule has 0 saturated heterocycles. The van der Waals surface area contributed by atoms with Crippen molar-refractivity contribution in [1.29, 1.82) is 5.41 Å². The van der Waals surface area contributed by atoms with Crippen LogP contribution >= 0.6 is 0 Å². The van der Waals surface area contributed by atoms with Crippen LogP contribution in [-0.2, 0) is 11.3 Å². The Morgan fingerprint density at radius 3 is 2.54 bits per heavy atom. The topological polar surface area (TPSA) is 141 Å². The third-order valence-electron chi connectivity index (χ3n) is 3.52. The lowest BCUT2D eigenvalue weighted by atomic mass is 10.1. The molecular formula is C18H20N4O4. The molecule has 2 aromatic rings. The Labute approximate surface area is 150 Å². The lowest BCUT2D eigenvalue weighted by molar-refractivity contribution is -0.119. The first-order valence-corrected chi connectivity index (χ1v) is 7.71. The summed E-state index contributed by atoms with van der Waals surface area (Å²) < 4.78 is 10.5. The van der Waals surface area contributed by atoms with E-state index in [-0.39, 0.29) is 24.9 Å². The van der Waals surface area contributed by atoms with Gasteiger partial charge < -0.3 is 26.3 Å². The van der Waals surface area contributed by atoms with Crippen molar-refractivity contribution in [2.45, 2.75) is 6.54 Å². The van der Waals surface area contributed by atoms with E-state index >= 15 is 0 Å². The maximum Gasteiger partial charge on any atom is 0.255 e.